The van der Waals surface area contributed by atoms with Crippen molar-refractivity contribution in [2.45, 2.75) is 13.0 Å². The number of aromatic amines is 1. The number of aromatic nitrogens is 2. The number of halogens is 1. The van der Waals surface area contributed by atoms with Gasteiger partial charge in [0.25, 0.3) is 0 Å². The molecule has 3 aromatic rings. The van der Waals surface area contributed by atoms with Crippen LogP contribution in [0.15, 0.2) is 36.4 Å². The Balaban J connectivity index is 2.46. The zero-order chi connectivity index (χ0) is 15.0. The zero-order valence-electron chi connectivity index (χ0n) is 11.4. The van der Waals surface area contributed by atoms with Gasteiger partial charge in [-0.2, -0.15) is 10.4 Å². The van der Waals surface area contributed by atoms with Gasteiger partial charge in [0.15, 0.2) is 5.69 Å². The number of hydrogen-bond donors (Lipinski definition) is 2. The van der Waals surface area contributed by atoms with Gasteiger partial charge in [-0.15, -0.1) is 0 Å². The summed E-state index contributed by atoms with van der Waals surface area (Å²) in [6.45, 7) is 1.91. The standard InChI is InChI=1S/C16H13ClN4/c1-9(19)11-7-12(17)15-13(8-18)20-21-16(15)14(11)10-5-3-2-4-6-10/h2-7,9H,19H2,1H3,(H,20,21). The summed E-state index contributed by atoms with van der Waals surface area (Å²) in [5, 5.41) is 17.3. The van der Waals surface area contributed by atoms with E-state index in [1.165, 1.54) is 0 Å². The molecule has 0 fully saturated rings. The molecule has 0 saturated heterocycles. The second kappa shape index (κ2) is 5.21. The number of nitriles is 1. The van der Waals surface area contributed by atoms with Crippen LogP contribution in [0.1, 0.15) is 24.2 Å². The predicted molar refractivity (Wildman–Crippen MR) is 83.9 cm³/mol. The smallest absolute Gasteiger partial charge is 0.171 e. The predicted octanol–water partition coefficient (Wildman–Crippen LogP) is 3.77. The van der Waals surface area contributed by atoms with Gasteiger partial charge in [-0.25, -0.2) is 0 Å². The maximum absolute atomic E-state index is 9.17. The van der Waals surface area contributed by atoms with Gasteiger partial charge in [-0.05, 0) is 24.1 Å². The highest BCUT2D eigenvalue weighted by molar-refractivity contribution is 6.36. The molecule has 1 unspecified atom stereocenters. The Morgan fingerprint density at radius 2 is 2.05 bits per heavy atom. The molecule has 104 valence electrons. The third-order valence-corrected chi connectivity index (χ3v) is 3.78. The highest BCUT2D eigenvalue weighted by Gasteiger charge is 2.19. The minimum Gasteiger partial charge on any atom is -0.324 e. The molecule has 1 atom stereocenters. The molecule has 1 aromatic heterocycles. The quantitative estimate of drug-likeness (QED) is 0.755. The van der Waals surface area contributed by atoms with E-state index in [0.29, 0.717) is 16.1 Å². The Hall–Kier alpha value is -2.35. The number of H-pyrrole nitrogens is 1. The molecule has 1 heterocycles. The SMILES string of the molecule is CC(N)c1cc(Cl)c2c(C#N)n[nH]c2c1-c1ccccc1. The molecule has 0 bridgehead atoms. The van der Waals surface area contributed by atoms with Gasteiger partial charge >= 0.3 is 0 Å². The van der Waals surface area contributed by atoms with Crippen molar-refractivity contribution in [2.24, 2.45) is 5.73 Å². The van der Waals surface area contributed by atoms with Gasteiger partial charge in [0.1, 0.15) is 6.07 Å². The van der Waals surface area contributed by atoms with Gasteiger partial charge in [-0.1, -0.05) is 41.9 Å². The molecule has 3 N–H and O–H groups in total. The first-order valence-corrected chi connectivity index (χ1v) is 6.93. The van der Waals surface area contributed by atoms with Crippen molar-refractivity contribution in [2.75, 3.05) is 0 Å². The average Bonchev–Trinajstić information content (AvgIpc) is 2.92. The molecular weight excluding hydrogens is 284 g/mol. The van der Waals surface area contributed by atoms with Crippen molar-refractivity contribution >= 4 is 22.5 Å². The van der Waals surface area contributed by atoms with Gasteiger partial charge in [0.05, 0.1) is 15.9 Å². The average molecular weight is 297 g/mol. The largest absolute Gasteiger partial charge is 0.324 e. The van der Waals surface area contributed by atoms with Crippen LogP contribution in [-0.4, -0.2) is 10.2 Å². The van der Waals surface area contributed by atoms with E-state index in [2.05, 4.69) is 16.3 Å². The van der Waals surface area contributed by atoms with E-state index in [1.54, 1.807) is 0 Å². The number of nitrogens with one attached hydrogen (secondary N) is 1. The number of nitrogens with zero attached hydrogens (tertiary/aromatic N) is 2. The molecule has 0 aliphatic heterocycles. The molecule has 0 spiro atoms. The second-order valence-electron chi connectivity index (χ2n) is 4.91. The van der Waals surface area contributed by atoms with E-state index in [9.17, 15) is 5.26 Å². The summed E-state index contributed by atoms with van der Waals surface area (Å²) in [5.41, 5.74) is 10.0. The summed E-state index contributed by atoms with van der Waals surface area (Å²) in [7, 11) is 0. The lowest BCUT2D eigenvalue weighted by atomic mass is 9.93. The molecule has 3 rings (SSSR count). The Labute approximate surface area is 127 Å². The number of benzene rings is 2. The third kappa shape index (κ3) is 2.17. The number of fused-ring (bicyclic) bond motifs is 1. The van der Waals surface area contributed by atoms with Crippen LogP contribution in [0.3, 0.4) is 0 Å². The van der Waals surface area contributed by atoms with E-state index in [1.807, 2.05) is 43.3 Å². The summed E-state index contributed by atoms with van der Waals surface area (Å²) >= 11 is 6.32. The fourth-order valence-electron chi connectivity index (χ4n) is 2.54. The summed E-state index contributed by atoms with van der Waals surface area (Å²) < 4.78 is 0. The van der Waals surface area contributed by atoms with Crippen LogP contribution in [-0.2, 0) is 0 Å². The summed E-state index contributed by atoms with van der Waals surface area (Å²) in [6.07, 6.45) is 0. The Kier molecular flexibility index (Phi) is 3.38. The Morgan fingerprint density at radius 3 is 2.67 bits per heavy atom. The van der Waals surface area contributed by atoms with Gasteiger partial charge < -0.3 is 5.73 Å². The summed E-state index contributed by atoms with van der Waals surface area (Å²) in [6, 6.07) is 13.6. The van der Waals surface area contributed by atoms with Crippen molar-refractivity contribution in [1.29, 1.82) is 5.26 Å². The number of hydrogen-bond acceptors (Lipinski definition) is 3. The van der Waals surface area contributed by atoms with Crippen molar-refractivity contribution in [1.82, 2.24) is 10.2 Å². The van der Waals surface area contributed by atoms with Crippen LogP contribution in [0.2, 0.25) is 5.02 Å². The van der Waals surface area contributed by atoms with E-state index in [-0.39, 0.29) is 6.04 Å². The minimum absolute atomic E-state index is 0.184. The minimum atomic E-state index is -0.184. The van der Waals surface area contributed by atoms with Crippen LogP contribution in [0.25, 0.3) is 22.0 Å². The maximum atomic E-state index is 9.17. The fraction of sp³-hybridized carbons (Fsp3) is 0.125. The van der Waals surface area contributed by atoms with Crippen LogP contribution in [0, 0.1) is 11.3 Å². The molecule has 4 nitrogen and oxygen atoms in total. The Morgan fingerprint density at radius 1 is 1.33 bits per heavy atom. The van der Waals surface area contributed by atoms with Crippen LogP contribution < -0.4 is 5.73 Å². The van der Waals surface area contributed by atoms with Crippen LogP contribution >= 0.6 is 11.6 Å². The van der Waals surface area contributed by atoms with Gasteiger partial charge in [0.2, 0.25) is 0 Å². The topological polar surface area (TPSA) is 78.5 Å². The van der Waals surface area contributed by atoms with Gasteiger partial charge in [0, 0.05) is 11.6 Å². The fourth-order valence-corrected chi connectivity index (χ4v) is 2.84. The molecule has 0 amide bonds. The van der Waals surface area contributed by atoms with Crippen molar-refractivity contribution in [3.63, 3.8) is 0 Å². The van der Waals surface area contributed by atoms with Crippen LogP contribution in [0.4, 0.5) is 0 Å². The van der Waals surface area contributed by atoms with Crippen molar-refractivity contribution in [3.8, 4) is 17.2 Å². The van der Waals surface area contributed by atoms with Crippen molar-refractivity contribution < 1.29 is 0 Å². The lowest BCUT2D eigenvalue weighted by Gasteiger charge is -2.15. The first kappa shape index (κ1) is 13.6. The summed E-state index contributed by atoms with van der Waals surface area (Å²) in [4.78, 5) is 0. The van der Waals surface area contributed by atoms with Crippen molar-refractivity contribution in [3.05, 3.63) is 52.7 Å². The molecule has 2 aromatic carbocycles. The van der Waals surface area contributed by atoms with E-state index in [4.69, 9.17) is 17.3 Å². The van der Waals surface area contributed by atoms with Gasteiger partial charge in [-0.3, -0.25) is 5.10 Å². The summed E-state index contributed by atoms with van der Waals surface area (Å²) in [5.74, 6) is 0. The normalized spacial score (nSPS) is 12.3. The third-order valence-electron chi connectivity index (χ3n) is 3.48. The lowest BCUT2D eigenvalue weighted by Crippen LogP contribution is -2.07. The molecule has 21 heavy (non-hydrogen) atoms. The first-order valence-electron chi connectivity index (χ1n) is 6.55. The molecular formula is C16H13ClN4. The first-order chi connectivity index (χ1) is 10.1. The zero-order valence-corrected chi connectivity index (χ0v) is 12.1. The molecule has 5 heteroatoms. The second-order valence-corrected chi connectivity index (χ2v) is 5.32. The molecule has 0 saturated carbocycles. The number of rotatable bonds is 2. The van der Waals surface area contributed by atoms with Crippen LogP contribution in [0.5, 0.6) is 0 Å². The van der Waals surface area contributed by atoms with E-state index in [0.717, 1.165) is 22.2 Å². The van der Waals surface area contributed by atoms with E-state index < -0.39 is 0 Å². The lowest BCUT2D eigenvalue weighted by molar-refractivity contribution is 0.821. The Bertz CT molecular complexity index is 844. The van der Waals surface area contributed by atoms with E-state index >= 15 is 0 Å². The number of nitrogens with two attached hydrogens (primary N) is 1. The molecule has 0 aliphatic carbocycles. The highest BCUT2D eigenvalue weighted by atomic mass is 35.5. The molecule has 0 radical (unpaired) electrons. The molecule has 0 aliphatic rings. The highest BCUT2D eigenvalue weighted by Crippen LogP contribution is 2.38. The maximum Gasteiger partial charge on any atom is 0.171 e. The monoisotopic (exact) mass is 296 g/mol.